The van der Waals surface area contributed by atoms with Gasteiger partial charge < -0.3 is 5.11 Å². The van der Waals surface area contributed by atoms with Crippen LogP contribution >= 0.6 is 0 Å². The van der Waals surface area contributed by atoms with Crippen molar-refractivity contribution in [3.63, 3.8) is 0 Å². The summed E-state index contributed by atoms with van der Waals surface area (Å²) in [7, 11) is 0. The molecule has 0 unspecified atom stereocenters. The summed E-state index contributed by atoms with van der Waals surface area (Å²) < 4.78 is 0. The number of hydrogen-bond donors (Lipinski definition) is 1. The standard InChI is InChI=1S/C13H13NO/c1-10-4-2-6-13(15)12(10)8-11-5-3-7-14-9-11/h2-7,9,15H,8H2,1H3. The maximum atomic E-state index is 9.73. The molecule has 2 aromatic rings. The van der Waals surface area contributed by atoms with Gasteiger partial charge in [0.25, 0.3) is 0 Å². The Morgan fingerprint density at radius 3 is 2.73 bits per heavy atom. The number of nitrogens with zero attached hydrogens (tertiary/aromatic N) is 1. The molecular weight excluding hydrogens is 186 g/mol. The van der Waals surface area contributed by atoms with Gasteiger partial charge in [-0.25, -0.2) is 0 Å². The van der Waals surface area contributed by atoms with Gasteiger partial charge in [-0.1, -0.05) is 18.2 Å². The second-order valence-corrected chi connectivity index (χ2v) is 3.61. The van der Waals surface area contributed by atoms with Gasteiger partial charge in [-0.2, -0.15) is 0 Å². The van der Waals surface area contributed by atoms with Crippen LogP contribution < -0.4 is 0 Å². The molecule has 2 nitrogen and oxygen atoms in total. The maximum Gasteiger partial charge on any atom is 0.119 e. The van der Waals surface area contributed by atoms with E-state index in [0.29, 0.717) is 5.75 Å². The third-order valence-corrected chi connectivity index (χ3v) is 2.49. The molecule has 2 heteroatoms. The van der Waals surface area contributed by atoms with Crippen LogP contribution in [-0.2, 0) is 6.42 Å². The van der Waals surface area contributed by atoms with Crippen molar-refractivity contribution in [3.05, 3.63) is 59.4 Å². The molecule has 1 heterocycles. The highest BCUT2D eigenvalue weighted by molar-refractivity contribution is 5.41. The van der Waals surface area contributed by atoms with Crippen LogP contribution in [0.15, 0.2) is 42.7 Å². The first-order valence-corrected chi connectivity index (χ1v) is 4.94. The Balaban J connectivity index is 2.32. The molecule has 76 valence electrons. The molecule has 0 saturated carbocycles. The monoisotopic (exact) mass is 199 g/mol. The second-order valence-electron chi connectivity index (χ2n) is 3.61. The van der Waals surface area contributed by atoms with Gasteiger partial charge in [-0.15, -0.1) is 0 Å². The molecule has 1 aromatic carbocycles. The van der Waals surface area contributed by atoms with Crippen molar-refractivity contribution in [1.82, 2.24) is 4.98 Å². The van der Waals surface area contributed by atoms with Crippen LogP contribution in [0.5, 0.6) is 5.75 Å². The number of benzene rings is 1. The largest absolute Gasteiger partial charge is 0.508 e. The van der Waals surface area contributed by atoms with E-state index in [1.165, 1.54) is 0 Å². The van der Waals surface area contributed by atoms with Crippen LogP contribution in [0.4, 0.5) is 0 Å². The average molecular weight is 199 g/mol. The summed E-state index contributed by atoms with van der Waals surface area (Å²) in [5, 5.41) is 9.73. The first-order valence-electron chi connectivity index (χ1n) is 4.94. The lowest BCUT2D eigenvalue weighted by atomic mass is 10.0. The topological polar surface area (TPSA) is 33.1 Å². The van der Waals surface area contributed by atoms with Crippen molar-refractivity contribution >= 4 is 0 Å². The smallest absolute Gasteiger partial charge is 0.119 e. The zero-order valence-electron chi connectivity index (χ0n) is 8.64. The van der Waals surface area contributed by atoms with Crippen LogP contribution in [0.25, 0.3) is 0 Å². The zero-order valence-corrected chi connectivity index (χ0v) is 8.64. The Morgan fingerprint density at radius 2 is 2.07 bits per heavy atom. The average Bonchev–Trinajstić information content (AvgIpc) is 2.25. The van der Waals surface area contributed by atoms with E-state index in [2.05, 4.69) is 4.98 Å². The fourth-order valence-corrected chi connectivity index (χ4v) is 1.62. The van der Waals surface area contributed by atoms with Crippen LogP contribution in [0.1, 0.15) is 16.7 Å². The van der Waals surface area contributed by atoms with E-state index in [9.17, 15) is 5.11 Å². The SMILES string of the molecule is Cc1cccc(O)c1Cc1cccnc1. The fourth-order valence-electron chi connectivity index (χ4n) is 1.62. The number of phenolic OH excluding ortho intramolecular Hbond substituents is 1. The molecule has 0 amide bonds. The Kier molecular flexibility index (Phi) is 2.68. The minimum absolute atomic E-state index is 0.360. The first kappa shape index (κ1) is 9.71. The molecule has 0 aliphatic heterocycles. The van der Waals surface area contributed by atoms with Crippen LogP contribution in [0, 0.1) is 6.92 Å². The summed E-state index contributed by atoms with van der Waals surface area (Å²) in [5.41, 5.74) is 3.20. The van der Waals surface area contributed by atoms with Crippen molar-refractivity contribution in [2.45, 2.75) is 13.3 Å². The molecule has 0 aliphatic rings. The number of rotatable bonds is 2. The first-order chi connectivity index (χ1) is 7.27. The summed E-state index contributed by atoms with van der Waals surface area (Å²) in [6.45, 7) is 2.01. The van der Waals surface area contributed by atoms with E-state index in [-0.39, 0.29) is 0 Å². The summed E-state index contributed by atoms with van der Waals surface area (Å²) in [4.78, 5) is 4.06. The Hall–Kier alpha value is -1.83. The number of pyridine rings is 1. The maximum absolute atomic E-state index is 9.73. The highest BCUT2D eigenvalue weighted by Crippen LogP contribution is 2.23. The van der Waals surface area contributed by atoms with Crippen molar-refractivity contribution in [3.8, 4) is 5.75 Å². The third kappa shape index (κ3) is 2.15. The number of phenols is 1. The molecule has 1 aromatic heterocycles. The summed E-state index contributed by atoms with van der Waals surface area (Å²) in [6.07, 6.45) is 4.30. The molecule has 0 bridgehead atoms. The molecule has 15 heavy (non-hydrogen) atoms. The van der Waals surface area contributed by atoms with Gasteiger partial charge in [0, 0.05) is 24.4 Å². The number of aryl methyl sites for hydroxylation is 1. The molecule has 0 fully saturated rings. The molecule has 0 atom stereocenters. The van der Waals surface area contributed by atoms with E-state index in [4.69, 9.17) is 0 Å². The number of aromatic hydroxyl groups is 1. The van der Waals surface area contributed by atoms with Gasteiger partial charge in [0.2, 0.25) is 0 Å². The quantitative estimate of drug-likeness (QED) is 0.806. The summed E-state index contributed by atoms with van der Waals surface area (Å²) in [6, 6.07) is 9.51. The van der Waals surface area contributed by atoms with Gasteiger partial charge in [-0.3, -0.25) is 4.98 Å². The van der Waals surface area contributed by atoms with E-state index < -0.39 is 0 Å². The van der Waals surface area contributed by atoms with Gasteiger partial charge in [0.05, 0.1) is 0 Å². The van der Waals surface area contributed by atoms with Gasteiger partial charge in [0.15, 0.2) is 0 Å². The minimum Gasteiger partial charge on any atom is -0.508 e. The van der Waals surface area contributed by atoms with Gasteiger partial charge in [0.1, 0.15) is 5.75 Å². The molecule has 1 N–H and O–H groups in total. The minimum atomic E-state index is 0.360. The van der Waals surface area contributed by atoms with Crippen molar-refractivity contribution in [2.24, 2.45) is 0 Å². The Bertz CT molecular complexity index is 431. The lowest BCUT2D eigenvalue weighted by Crippen LogP contribution is -1.92. The number of hydrogen-bond acceptors (Lipinski definition) is 2. The molecule has 0 saturated heterocycles. The van der Waals surface area contributed by atoms with E-state index in [0.717, 1.165) is 23.1 Å². The predicted octanol–water partition coefficient (Wildman–Crippen LogP) is 2.69. The van der Waals surface area contributed by atoms with E-state index in [1.807, 2.05) is 37.4 Å². The summed E-state index contributed by atoms with van der Waals surface area (Å²) >= 11 is 0. The highest BCUT2D eigenvalue weighted by Gasteiger charge is 2.04. The second kappa shape index (κ2) is 4.13. The van der Waals surface area contributed by atoms with Gasteiger partial charge >= 0.3 is 0 Å². The van der Waals surface area contributed by atoms with Crippen LogP contribution in [0.3, 0.4) is 0 Å². The van der Waals surface area contributed by atoms with E-state index >= 15 is 0 Å². The van der Waals surface area contributed by atoms with Crippen LogP contribution in [-0.4, -0.2) is 10.1 Å². The lowest BCUT2D eigenvalue weighted by Gasteiger charge is -2.07. The van der Waals surface area contributed by atoms with Gasteiger partial charge in [-0.05, 0) is 30.2 Å². The number of aromatic nitrogens is 1. The van der Waals surface area contributed by atoms with Crippen molar-refractivity contribution < 1.29 is 5.11 Å². The van der Waals surface area contributed by atoms with Crippen LogP contribution in [0.2, 0.25) is 0 Å². The third-order valence-electron chi connectivity index (χ3n) is 2.49. The summed E-state index contributed by atoms with van der Waals surface area (Å²) in [5.74, 6) is 0.360. The molecular formula is C13H13NO. The zero-order chi connectivity index (χ0) is 10.7. The fraction of sp³-hybridized carbons (Fsp3) is 0.154. The molecule has 0 radical (unpaired) electrons. The Labute approximate surface area is 89.2 Å². The predicted molar refractivity (Wildman–Crippen MR) is 59.9 cm³/mol. The molecule has 0 aliphatic carbocycles. The lowest BCUT2D eigenvalue weighted by molar-refractivity contribution is 0.469. The highest BCUT2D eigenvalue weighted by atomic mass is 16.3. The van der Waals surface area contributed by atoms with E-state index in [1.54, 1.807) is 12.3 Å². The molecule has 2 rings (SSSR count). The Morgan fingerprint density at radius 1 is 1.20 bits per heavy atom. The van der Waals surface area contributed by atoms with Crippen molar-refractivity contribution in [2.75, 3.05) is 0 Å². The molecule has 0 spiro atoms. The normalized spacial score (nSPS) is 10.2. The van der Waals surface area contributed by atoms with Crippen molar-refractivity contribution in [1.29, 1.82) is 0 Å².